The minimum absolute atomic E-state index is 0.386. The molecular formula is C11H22N2O. The number of rotatable bonds is 4. The fourth-order valence-electron chi connectivity index (χ4n) is 2.29. The molecule has 1 aliphatic carbocycles. The van der Waals surface area contributed by atoms with E-state index >= 15 is 0 Å². The topological polar surface area (TPSA) is 26.7 Å². The molecule has 0 aromatic carbocycles. The van der Waals surface area contributed by atoms with Crippen molar-refractivity contribution in [2.45, 2.75) is 12.8 Å². The highest BCUT2D eigenvalue weighted by Gasteiger charge is 2.32. The lowest BCUT2D eigenvalue weighted by Crippen LogP contribution is -2.46. The van der Waals surface area contributed by atoms with Gasteiger partial charge in [0.15, 0.2) is 0 Å². The number of piperazine rings is 1. The quantitative estimate of drug-likeness (QED) is 0.701. The number of hydrogen-bond donors (Lipinski definition) is 1. The van der Waals surface area contributed by atoms with E-state index in [1.807, 2.05) is 0 Å². The number of aliphatic hydroxyl groups excluding tert-OH is 1. The van der Waals surface area contributed by atoms with E-state index in [1.165, 1.54) is 39.0 Å². The number of hydrogen-bond acceptors (Lipinski definition) is 3. The van der Waals surface area contributed by atoms with Crippen molar-refractivity contribution in [1.82, 2.24) is 9.80 Å². The van der Waals surface area contributed by atoms with E-state index in [2.05, 4.69) is 16.8 Å². The molecule has 0 radical (unpaired) electrons. The predicted octanol–water partition coefficient (Wildman–Crippen LogP) is 0.252. The Morgan fingerprint density at radius 1 is 1.21 bits per heavy atom. The Morgan fingerprint density at radius 3 is 2.36 bits per heavy atom. The van der Waals surface area contributed by atoms with Crippen LogP contribution in [0.5, 0.6) is 0 Å². The average Bonchev–Trinajstić information content (AvgIpc) is 3.01. The first-order chi connectivity index (χ1) is 6.79. The molecule has 0 spiro atoms. The second-order valence-corrected chi connectivity index (χ2v) is 4.88. The van der Waals surface area contributed by atoms with Crippen molar-refractivity contribution < 1.29 is 5.11 Å². The zero-order chi connectivity index (χ0) is 9.97. The predicted molar refractivity (Wildman–Crippen MR) is 57.2 cm³/mol. The highest BCUT2D eigenvalue weighted by atomic mass is 16.3. The van der Waals surface area contributed by atoms with E-state index in [0.29, 0.717) is 12.5 Å². The van der Waals surface area contributed by atoms with Gasteiger partial charge < -0.3 is 14.9 Å². The van der Waals surface area contributed by atoms with Crippen LogP contribution in [0.25, 0.3) is 0 Å². The van der Waals surface area contributed by atoms with E-state index in [1.54, 1.807) is 0 Å². The molecule has 3 heteroatoms. The van der Waals surface area contributed by atoms with Gasteiger partial charge in [-0.25, -0.2) is 0 Å². The Labute approximate surface area is 86.7 Å². The highest BCUT2D eigenvalue weighted by molar-refractivity contribution is 4.84. The van der Waals surface area contributed by atoms with E-state index in [-0.39, 0.29) is 0 Å². The molecule has 0 aromatic heterocycles. The van der Waals surface area contributed by atoms with Gasteiger partial charge in [0, 0.05) is 39.3 Å². The number of nitrogens with zero attached hydrogens (tertiary/aromatic N) is 2. The van der Waals surface area contributed by atoms with Crippen LogP contribution in [0.2, 0.25) is 0 Å². The number of likely N-dealkylation sites (N-methyl/N-ethyl adjacent to an activating group) is 1. The van der Waals surface area contributed by atoms with Crippen molar-refractivity contribution in [2.75, 3.05) is 46.4 Å². The monoisotopic (exact) mass is 198 g/mol. The molecule has 1 heterocycles. The lowest BCUT2D eigenvalue weighted by molar-refractivity contribution is 0.105. The maximum absolute atomic E-state index is 9.28. The fraction of sp³-hybridized carbons (Fsp3) is 1.00. The molecule has 2 aliphatic rings. The van der Waals surface area contributed by atoms with Crippen molar-refractivity contribution in [3.05, 3.63) is 0 Å². The van der Waals surface area contributed by atoms with Crippen LogP contribution in [0.1, 0.15) is 12.8 Å². The van der Waals surface area contributed by atoms with E-state index < -0.39 is 0 Å². The Balaban J connectivity index is 1.72. The summed E-state index contributed by atoms with van der Waals surface area (Å²) >= 11 is 0. The summed E-state index contributed by atoms with van der Waals surface area (Å²) in [6.45, 7) is 6.23. The van der Waals surface area contributed by atoms with Crippen molar-refractivity contribution in [3.63, 3.8) is 0 Å². The molecule has 1 N–H and O–H groups in total. The largest absolute Gasteiger partial charge is 0.396 e. The summed E-state index contributed by atoms with van der Waals surface area (Å²) in [5.74, 6) is 1.39. The molecule has 1 aliphatic heterocycles. The van der Waals surface area contributed by atoms with Gasteiger partial charge in [-0.1, -0.05) is 0 Å². The molecule has 0 aromatic rings. The van der Waals surface area contributed by atoms with Crippen molar-refractivity contribution in [1.29, 1.82) is 0 Å². The van der Waals surface area contributed by atoms with Crippen LogP contribution in [0.4, 0.5) is 0 Å². The van der Waals surface area contributed by atoms with Crippen molar-refractivity contribution in [2.24, 2.45) is 11.8 Å². The first-order valence-corrected chi connectivity index (χ1v) is 5.81. The van der Waals surface area contributed by atoms with Gasteiger partial charge in [-0.3, -0.25) is 0 Å². The van der Waals surface area contributed by atoms with Crippen LogP contribution in [0.15, 0.2) is 0 Å². The van der Waals surface area contributed by atoms with Gasteiger partial charge in [-0.2, -0.15) is 0 Å². The third-order valence-electron chi connectivity index (χ3n) is 3.61. The summed E-state index contributed by atoms with van der Waals surface area (Å²) < 4.78 is 0. The SMILES string of the molecule is CN1CCN(CC(CO)C2CC2)CC1. The van der Waals surface area contributed by atoms with Crippen LogP contribution < -0.4 is 0 Å². The van der Waals surface area contributed by atoms with Gasteiger partial charge in [0.2, 0.25) is 0 Å². The molecule has 0 amide bonds. The Bertz CT molecular complexity index is 174. The lowest BCUT2D eigenvalue weighted by Gasteiger charge is -2.34. The molecule has 82 valence electrons. The van der Waals surface area contributed by atoms with Crippen LogP contribution in [-0.2, 0) is 0 Å². The third kappa shape index (κ3) is 2.69. The van der Waals surface area contributed by atoms with Gasteiger partial charge >= 0.3 is 0 Å². The molecule has 1 saturated carbocycles. The van der Waals surface area contributed by atoms with Crippen LogP contribution >= 0.6 is 0 Å². The van der Waals surface area contributed by atoms with Crippen LogP contribution in [0.3, 0.4) is 0 Å². The summed E-state index contributed by atoms with van der Waals surface area (Å²) in [4.78, 5) is 4.89. The van der Waals surface area contributed by atoms with Gasteiger partial charge in [0.05, 0.1) is 0 Å². The Kier molecular flexibility index (Phi) is 3.42. The second kappa shape index (κ2) is 4.60. The maximum atomic E-state index is 9.28. The molecule has 2 fully saturated rings. The van der Waals surface area contributed by atoms with E-state index in [0.717, 1.165) is 12.5 Å². The standard InChI is InChI=1S/C11H22N2O/c1-12-4-6-13(7-5-12)8-11(9-14)10-2-3-10/h10-11,14H,2-9H2,1H3. The molecule has 1 unspecified atom stereocenters. The zero-order valence-electron chi connectivity index (χ0n) is 9.15. The minimum atomic E-state index is 0.386. The molecule has 3 nitrogen and oxygen atoms in total. The zero-order valence-corrected chi connectivity index (χ0v) is 9.15. The Hall–Kier alpha value is -0.120. The maximum Gasteiger partial charge on any atom is 0.0474 e. The molecule has 0 bridgehead atoms. The van der Waals surface area contributed by atoms with E-state index in [4.69, 9.17) is 0 Å². The molecular weight excluding hydrogens is 176 g/mol. The summed E-state index contributed by atoms with van der Waals surface area (Å²) in [6, 6.07) is 0. The first-order valence-electron chi connectivity index (χ1n) is 5.81. The van der Waals surface area contributed by atoms with Crippen LogP contribution in [0, 0.1) is 11.8 Å². The fourth-order valence-corrected chi connectivity index (χ4v) is 2.29. The Morgan fingerprint density at radius 2 is 1.86 bits per heavy atom. The van der Waals surface area contributed by atoms with Gasteiger partial charge in [-0.15, -0.1) is 0 Å². The highest BCUT2D eigenvalue weighted by Crippen LogP contribution is 2.36. The summed E-state index contributed by atoms with van der Waals surface area (Å²) in [5, 5.41) is 9.28. The molecule has 14 heavy (non-hydrogen) atoms. The smallest absolute Gasteiger partial charge is 0.0474 e. The van der Waals surface area contributed by atoms with E-state index in [9.17, 15) is 5.11 Å². The molecule has 2 rings (SSSR count). The van der Waals surface area contributed by atoms with Gasteiger partial charge in [-0.05, 0) is 31.7 Å². The third-order valence-corrected chi connectivity index (χ3v) is 3.61. The molecule has 1 saturated heterocycles. The van der Waals surface area contributed by atoms with Crippen molar-refractivity contribution in [3.8, 4) is 0 Å². The van der Waals surface area contributed by atoms with Crippen LogP contribution in [-0.4, -0.2) is 61.3 Å². The van der Waals surface area contributed by atoms with Gasteiger partial charge in [0.25, 0.3) is 0 Å². The number of aliphatic hydroxyl groups is 1. The first kappa shape index (κ1) is 10.4. The van der Waals surface area contributed by atoms with Gasteiger partial charge in [0.1, 0.15) is 0 Å². The normalized spacial score (nSPS) is 27.9. The molecule has 1 atom stereocenters. The average molecular weight is 198 g/mol. The lowest BCUT2D eigenvalue weighted by atomic mass is 10.0. The minimum Gasteiger partial charge on any atom is -0.396 e. The second-order valence-electron chi connectivity index (χ2n) is 4.88. The summed E-state index contributed by atoms with van der Waals surface area (Å²) in [7, 11) is 2.18. The van der Waals surface area contributed by atoms with Crippen molar-refractivity contribution >= 4 is 0 Å². The summed E-state index contributed by atoms with van der Waals surface area (Å²) in [6.07, 6.45) is 2.69. The summed E-state index contributed by atoms with van der Waals surface area (Å²) in [5.41, 5.74) is 0.